The minimum Gasteiger partial charge on any atom is -0.422 e. The topological polar surface area (TPSA) is 55.0 Å². The molecule has 0 radical (unpaired) electrons. The van der Waals surface area contributed by atoms with Crippen molar-refractivity contribution in [3.05, 3.63) is 81.2 Å². The summed E-state index contributed by atoms with van der Waals surface area (Å²) in [5, 5.41) is 1.49. The Kier molecular flexibility index (Phi) is 4.97. The lowest BCUT2D eigenvalue weighted by molar-refractivity contribution is -0.917. The lowest BCUT2D eigenvalue weighted by Gasteiger charge is -2.32. The van der Waals surface area contributed by atoms with E-state index in [1.807, 2.05) is 36.4 Å². The van der Waals surface area contributed by atoms with Gasteiger partial charge in [-0.25, -0.2) is 4.79 Å². The number of fused-ring (bicyclic) bond motifs is 1. The summed E-state index contributed by atoms with van der Waals surface area (Å²) >= 11 is 5.93. The Bertz CT molecular complexity index is 1020. The van der Waals surface area contributed by atoms with Crippen LogP contribution in [0, 0.1) is 0 Å². The molecule has 138 valence electrons. The monoisotopic (exact) mass is 383 g/mol. The number of carbonyl (C=O) groups excluding carboxylic acids is 1. The summed E-state index contributed by atoms with van der Waals surface area (Å²) in [7, 11) is 0. The Balaban J connectivity index is 1.43. The summed E-state index contributed by atoms with van der Waals surface area (Å²) in [5.41, 5.74) is 1.25. The molecule has 0 bridgehead atoms. The summed E-state index contributed by atoms with van der Waals surface area (Å²) in [6, 6.07) is 16.7. The quantitative estimate of drug-likeness (QED) is 0.704. The zero-order valence-corrected chi connectivity index (χ0v) is 15.5. The number of benzene rings is 2. The van der Waals surface area contributed by atoms with Crippen molar-refractivity contribution in [1.29, 1.82) is 0 Å². The molecular weight excluding hydrogens is 364 g/mol. The molecule has 1 aromatic heterocycles. The lowest BCUT2D eigenvalue weighted by atomic mass is 10.1. The molecule has 0 atom stereocenters. The van der Waals surface area contributed by atoms with Crippen LogP contribution in [0.5, 0.6) is 0 Å². The molecule has 0 saturated carbocycles. The van der Waals surface area contributed by atoms with Crippen molar-refractivity contribution in [3.63, 3.8) is 0 Å². The van der Waals surface area contributed by atoms with Crippen LogP contribution in [0.15, 0.2) is 63.8 Å². The van der Waals surface area contributed by atoms with Crippen LogP contribution in [0.1, 0.15) is 15.9 Å². The maximum atomic E-state index is 12.8. The maximum absolute atomic E-state index is 12.8. The van der Waals surface area contributed by atoms with E-state index >= 15 is 0 Å². The van der Waals surface area contributed by atoms with Gasteiger partial charge >= 0.3 is 5.63 Å². The number of nitrogens with zero attached hydrogens (tertiary/aromatic N) is 1. The van der Waals surface area contributed by atoms with E-state index in [1.54, 1.807) is 23.1 Å². The summed E-state index contributed by atoms with van der Waals surface area (Å²) in [5.74, 6) is -0.250. The van der Waals surface area contributed by atoms with E-state index in [2.05, 4.69) is 0 Å². The average molecular weight is 384 g/mol. The second-order valence-corrected chi connectivity index (χ2v) is 7.27. The molecule has 6 heteroatoms. The number of amides is 1. The van der Waals surface area contributed by atoms with E-state index in [0.29, 0.717) is 18.7 Å². The Morgan fingerprint density at radius 2 is 1.78 bits per heavy atom. The van der Waals surface area contributed by atoms with Gasteiger partial charge in [-0.2, -0.15) is 0 Å². The molecule has 5 nitrogen and oxygen atoms in total. The van der Waals surface area contributed by atoms with Crippen LogP contribution in [0.4, 0.5) is 0 Å². The van der Waals surface area contributed by atoms with Crippen molar-refractivity contribution in [2.24, 2.45) is 0 Å². The number of piperazine rings is 1. The van der Waals surface area contributed by atoms with Crippen molar-refractivity contribution in [3.8, 4) is 0 Å². The van der Waals surface area contributed by atoms with E-state index in [0.717, 1.165) is 30.0 Å². The van der Waals surface area contributed by atoms with E-state index < -0.39 is 5.63 Å². The van der Waals surface area contributed by atoms with E-state index in [1.165, 1.54) is 10.5 Å². The molecule has 1 saturated heterocycles. The summed E-state index contributed by atoms with van der Waals surface area (Å²) in [4.78, 5) is 28.2. The van der Waals surface area contributed by atoms with Crippen LogP contribution < -0.4 is 10.5 Å². The zero-order chi connectivity index (χ0) is 18.8. The summed E-state index contributed by atoms with van der Waals surface area (Å²) < 4.78 is 5.30. The third-order valence-corrected chi connectivity index (χ3v) is 5.25. The van der Waals surface area contributed by atoms with Gasteiger partial charge in [-0.3, -0.25) is 4.79 Å². The van der Waals surface area contributed by atoms with Crippen LogP contribution in [0.25, 0.3) is 11.0 Å². The Morgan fingerprint density at radius 1 is 1.07 bits per heavy atom. The molecule has 0 unspecified atom stereocenters. The van der Waals surface area contributed by atoms with Crippen LogP contribution in [-0.2, 0) is 6.54 Å². The highest BCUT2D eigenvalue weighted by Gasteiger charge is 2.26. The molecule has 27 heavy (non-hydrogen) atoms. The fraction of sp³-hybridized carbons (Fsp3) is 0.238. The van der Waals surface area contributed by atoms with Gasteiger partial charge in [-0.1, -0.05) is 41.9 Å². The predicted molar refractivity (Wildman–Crippen MR) is 104 cm³/mol. The maximum Gasteiger partial charge on any atom is 0.349 e. The predicted octanol–water partition coefficient (Wildman–Crippen LogP) is 1.99. The molecule has 3 aromatic rings. The molecule has 1 aliphatic rings. The molecule has 0 spiro atoms. The van der Waals surface area contributed by atoms with Crippen molar-refractivity contribution < 1.29 is 14.1 Å². The van der Waals surface area contributed by atoms with Crippen molar-refractivity contribution in [1.82, 2.24) is 4.90 Å². The average Bonchev–Trinajstić information content (AvgIpc) is 2.69. The molecule has 2 heterocycles. The number of halogens is 1. The molecule has 1 fully saturated rings. The van der Waals surface area contributed by atoms with Gasteiger partial charge in [0.05, 0.1) is 26.2 Å². The van der Waals surface area contributed by atoms with Crippen molar-refractivity contribution >= 4 is 28.5 Å². The first-order valence-electron chi connectivity index (χ1n) is 9.00. The van der Waals surface area contributed by atoms with Gasteiger partial charge < -0.3 is 14.2 Å². The SMILES string of the molecule is O=C(c1cc2ccccc2oc1=O)N1CC[NH+](Cc2ccc(Cl)cc2)CC1. The zero-order valence-electron chi connectivity index (χ0n) is 14.8. The Morgan fingerprint density at radius 3 is 2.52 bits per heavy atom. The van der Waals surface area contributed by atoms with E-state index in [9.17, 15) is 9.59 Å². The third-order valence-electron chi connectivity index (χ3n) is 5.00. The molecular formula is C21H20ClN2O3+. The van der Waals surface area contributed by atoms with Gasteiger partial charge in [0.25, 0.3) is 5.91 Å². The van der Waals surface area contributed by atoms with Gasteiger partial charge in [0, 0.05) is 16.0 Å². The number of carbonyl (C=O) groups is 1. The molecule has 0 aliphatic carbocycles. The first-order valence-corrected chi connectivity index (χ1v) is 9.38. The molecule has 4 rings (SSSR count). The van der Waals surface area contributed by atoms with Crippen LogP contribution >= 0.6 is 11.6 Å². The first kappa shape index (κ1) is 17.8. The second kappa shape index (κ2) is 7.55. The Labute approximate surface area is 161 Å². The number of hydrogen-bond acceptors (Lipinski definition) is 3. The van der Waals surface area contributed by atoms with E-state index in [-0.39, 0.29) is 11.5 Å². The van der Waals surface area contributed by atoms with Gasteiger partial charge in [0.15, 0.2) is 0 Å². The smallest absolute Gasteiger partial charge is 0.349 e. The number of para-hydroxylation sites is 1. The summed E-state index contributed by atoms with van der Waals surface area (Å²) in [6.07, 6.45) is 0. The number of quaternary nitrogens is 1. The summed E-state index contributed by atoms with van der Waals surface area (Å²) in [6.45, 7) is 3.82. The number of hydrogen-bond donors (Lipinski definition) is 1. The van der Waals surface area contributed by atoms with Crippen LogP contribution in [0.3, 0.4) is 0 Å². The van der Waals surface area contributed by atoms with Crippen molar-refractivity contribution in [2.45, 2.75) is 6.54 Å². The molecule has 1 N–H and O–H groups in total. The number of rotatable bonds is 3. The van der Waals surface area contributed by atoms with Crippen LogP contribution in [-0.4, -0.2) is 37.0 Å². The minimum atomic E-state index is -0.574. The lowest BCUT2D eigenvalue weighted by Crippen LogP contribution is -3.13. The van der Waals surface area contributed by atoms with Gasteiger partial charge in [0.1, 0.15) is 17.7 Å². The van der Waals surface area contributed by atoms with Gasteiger partial charge in [0.2, 0.25) is 0 Å². The van der Waals surface area contributed by atoms with Gasteiger partial charge in [-0.15, -0.1) is 0 Å². The second-order valence-electron chi connectivity index (χ2n) is 6.83. The molecule has 1 aliphatic heterocycles. The fourth-order valence-corrected chi connectivity index (χ4v) is 3.60. The normalized spacial score (nSPS) is 15.2. The van der Waals surface area contributed by atoms with Crippen LogP contribution in [0.2, 0.25) is 5.02 Å². The van der Waals surface area contributed by atoms with E-state index in [4.69, 9.17) is 16.0 Å². The largest absolute Gasteiger partial charge is 0.422 e. The highest BCUT2D eigenvalue weighted by Crippen LogP contribution is 2.14. The molecule has 2 aromatic carbocycles. The van der Waals surface area contributed by atoms with Gasteiger partial charge in [-0.05, 0) is 24.3 Å². The minimum absolute atomic E-state index is 0.106. The highest BCUT2D eigenvalue weighted by atomic mass is 35.5. The first-order chi connectivity index (χ1) is 13.1. The van der Waals surface area contributed by atoms with Crippen molar-refractivity contribution in [2.75, 3.05) is 26.2 Å². The fourth-order valence-electron chi connectivity index (χ4n) is 3.48. The molecule has 1 amide bonds. The number of nitrogens with one attached hydrogen (secondary N) is 1. The highest BCUT2D eigenvalue weighted by molar-refractivity contribution is 6.30. The standard InChI is InChI=1S/C21H19ClN2O3/c22-17-7-5-15(6-8-17)14-23-9-11-24(12-10-23)20(25)18-13-16-3-1-2-4-19(16)27-21(18)26/h1-8,13H,9-12,14H2/p+1. The Hall–Kier alpha value is -2.63. The third kappa shape index (κ3) is 3.89.